The van der Waals surface area contributed by atoms with E-state index >= 15 is 0 Å². The minimum Gasteiger partial charge on any atom is -0.426 e. The second-order valence-corrected chi connectivity index (χ2v) is 10.7. The normalized spacial score (nSPS) is 25.0. The molecule has 0 aromatic heterocycles. The molecule has 2 heteroatoms. The van der Waals surface area contributed by atoms with Crippen molar-refractivity contribution in [2.45, 2.75) is 110 Å². The fraction of sp³-hybridized carbons (Fsp3) is 0.656. The van der Waals surface area contributed by atoms with E-state index in [-0.39, 0.29) is 11.9 Å². The van der Waals surface area contributed by atoms with Crippen molar-refractivity contribution in [3.63, 3.8) is 0 Å². The summed E-state index contributed by atoms with van der Waals surface area (Å²) >= 11 is 0. The summed E-state index contributed by atoms with van der Waals surface area (Å²) in [5, 5.41) is 0. The SMILES string of the molecule is CCCCCC1CCC(C(=O)Oc2ccc(C#C/C=C/C3CCC(CCCC)CC3)cc2)CC1. The van der Waals surface area contributed by atoms with Gasteiger partial charge in [-0.3, -0.25) is 4.79 Å². The zero-order valence-corrected chi connectivity index (χ0v) is 21.7. The molecule has 0 amide bonds. The standard InChI is InChI=1S/C32H46O2/c1-3-5-7-11-28-18-22-30(23-19-28)32(33)34-31-24-20-29(21-25-31)13-9-8-12-27-16-14-26(15-17-27)10-6-4-2/h8,12,20-21,24-28,30H,3-7,10-11,14-19,22-23H2,1-2H3/b12-8+. The molecule has 0 spiro atoms. The Labute approximate surface area is 208 Å². The van der Waals surface area contributed by atoms with Crippen LogP contribution in [0.2, 0.25) is 0 Å². The van der Waals surface area contributed by atoms with E-state index in [2.05, 4.69) is 31.8 Å². The summed E-state index contributed by atoms with van der Waals surface area (Å²) in [5.74, 6) is 9.50. The Hall–Kier alpha value is -2.01. The molecule has 1 aromatic carbocycles. The average Bonchev–Trinajstić information content (AvgIpc) is 2.87. The van der Waals surface area contributed by atoms with Crippen LogP contribution in [0.5, 0.6) is 5.75 Å². The van der Waals surface area contributed by atoms with Crippen molar-refractivity contribution in [1.82, 2.24) is 0 Å². The molecule has 34 heavy (non-hydrogen) atoms. The number of carbonyl (C=O) groups excluding carboxylic acids is 1. The molecule has 0 unspecified atom stereocenters. The third kappa shape index (κ3) is 9.32. The van der Waals surface area contributed by atoms with Crippen LogP contribution >= 0.6 is 0 Å². The summed E-state index contributed by atoms with van der Waals surface area (Å²) in [5.41, 5.74) is 0.959. The highest BCUT2D eigenvalue weighted by atomic mass is 16.5. The van der Waals surface area contributed by atoms with Gasteiger partial charge in [0.25, 0.3) is 0 Å². The Morgan fingerprint density at radius 1 is 0.853 bits per heavy atom. The first-order chi connectivity index (χ1) is 16.7. The van der Waals surface area contributed by atoms with E-state index in [4.69, 9.17) is 4.74 Å². The van der Waals surface area contributed by atoms with Gasteiger partial charge in [0.2, 0.25) is 0 Å². The van der Waals surface area contributed by atoms with E-state index < -0.39 is 0 Å². The van der Waals surface area contributed by atoms with Crippen molar-refractivity contribution >= 4 is 5.97 Å². The van der Waals surface area contributed by atoms with Crippen molar-refractivity contribution in [3.8, 4) is 17.6 Å². The van der Waals surface area contributed by atoms with E-state index in [1.165, 1.54) is 83.5 Å². The first-order valence-corrected chi connectivity index (χ1v) is 14.2. The molecule has 0 N–H and O–H groups in total. The van der Waals surface area contributed by atoms with Crippen LogP contribution in [0.3, 0.4) is 0 Å². The molecule has 186 valence electrons. The largest absolute Gasteiger partial charge is 0.426 e. The maximum atomic E-state index is 12.6. The van der Waals surface area contributed by atoms with Gasteiger partial charge in [0.1, 0.15) is 5.75 Å². The summed E-state index contributed by atoms with van der Waals surface area (Å²) < 4.78 is 5.68. The fourth-order valence-corrected chi connectivity index (χ4v) is 5.65. The van der Waals surface area contributed by atoms with Gasteiger partial charge in [-0.25, -0.2) is 0 Å². The van der Waals surface area contributed by atoms with Crippen molar-refractivity contribution in [2.24, 2.45) is 23.7 Å². The summed E-state index contributed by atoms with van der Waals surface area (Å²) in [6, 6.07) is 7.65. The van der Waals surface area contributed by atoms with Crippen LogP contribution in [0.15, 0.2) is 36.4 Å². The Balaban J connectivity index is 1.37. The summed E-state index contributed by atoms with van der Waals surface area (Å²) in [7, 11) is 0. The Morgan fingerprint density at radius 2 is 1.47 bits per heavy atom. The van der Waals surface area contributed by atoms with E-state index in [1.54, 1.807) is 0 Å². The molecule has 2 aliphatic carbocycles. The van der Waals surface area contributed by atoms with Gasteiger partial charge in [-0.2, -0.15) is 0 Å². The fourth-order valence-electron chi connectivity index (χ4n) is 5.65. The third-order valence-electron chi connectivity index (χ3n) is 7.99. The van der Waals surface area contributed by atoms with Crippen molar-refractivity contribution in [3.05, 3.63) is 42.0 Å². The second-order valence-electron chi connectivity index (χ2n) is 10.7. The molecule has 2 fully saturated rings. The highest BCUT2D eigenvalue weighted by molar-refractivity contribution is 5.75. The van der Waals surface area contributed by atoms with Crippen LogP contribution in [0.1, 0.15) is 116 Å². The summed E-state index contributed by atoms with van der Waals surface area (Å²) in [4.78, 5) is 12.6. The van der Waals surface area contributed by atoms with Gasteiger partial charge in [0.05, 0.1) is 5.92 Å². The summed E-state index contributed by atoms with van der Waals surface area (Å²) in [6.07, 6.45) is 23.4. The van der Waals surface area contributed by atoms with Crippen LogP contribution < -0.4 is 4.74 Å². The van der Waals surface area contributed by atoms with Gasteiger partial charge in [0.15, 0.2) is 0 Å². The lowest BCUT2D eigenvalue weighted by Gasteiger charge is -2.27. The molecule has 0 atom stereocenters. The van der Waals surface area contributed by atoms with E-state index in [0.29, 0.717) is 11.7 Å². The lowest BCUT2D eigenvalue weighted by molar-refractivity contribution is -0.140. The molecular formula is C32H46O2. The number of allylic oxidation sites excluding steroid dienone is 2. The Kier molecular flexibility index (Phi) is 11.8. The maximum absolute atomic E-state index is 12.6. The van der Waals surface area contributed by atoms with Gasteiger partial charge < -0.3 is 4.74 Å². The minimum atomic E-state index is -0.0572. The first-order valence-electron chi connectivity index (χ1n) is 14.2. The topological polar surface area (TPSA) is 26.3 Å². The molecule has 2 aliphatic rings. The number of hydrogen-bond acceptors (Lipinski definition) is 2. The molecule has 2 saturated carbocycles. The number of esters is 1. The lowest BCUT2D eigenvalue weighted by atomic mass is 9.80. The van der Waals surface area contributed by atoms with E-state index in [0.717, 1.165) is 30.2 Å². The quantitative estimate of drug-likeness (QED) is 0.150. The Morgan fingerprint density at radius 3 is 2.12 bits per heavy atom. The number of hydrogen-bond donors (Lipinski definition) is 0. The highest BCUT2D eigenvalue weighted by Crippen LogP contribution is 2.33. The number of benzene rings is 1. The molecule has 0 heterocycles. The third-order valence-corrected chi connectivity index (χ3v) is 7.99. The molecule has 0 aliphatic heterocycles. The van der Waals surface area contributed by atoms with Crippen LogP contribution in [0.4, 0.5) is 0 Å². The molecule has 0 saturated heterocycles. The zero-order valence-electron chi connectivity index (χ0n) is 21.7. The van der Waals surface area contributed by atoms with Gasteiger partial charge in [-0.15, -0.1) is 0 Å². The molecular weight excluding hydrogens is 416 g/mol. The monoisotopic (exact) mass is 462 g/mol. The molecule has 3 rings (SSSR count). The second kappa shape index (κ2) is 15.1. The first kappa shape index (κ1) is 26.6. The number of ether oxygens (including phenoxy) is 1. The highest BCUT2D eigenvalue weighted by Gasteiger charge is 2.27. The molecule has 0 bridgehead atoms. The molecule has 0 radical (unpaired) electrons. The van der Waals surface area contributed by atoms with Gasteiger partial charge in [-0.1, -0.05) is 76.7 Å². The predicted octanol–water partition coefficient (Wildman–Crippen LogP) is 8.88. The maximum Gasteiger partial charge on any atom is 0.314 e. The number of rotatable bonds is 10. The van der Waals surface area contributed by atoms with Crippen LogP contribution in [0, 0.1) is 35.5 Å². The van der Waals surface area contributed by atoms with Gasteiger partial charge in [0, 0.05) is 5.56 Å². The van der Waals surface area contributed by atoms with Crippen molar-refractivity contribution in [2.75, 3.05) is 0 Å². The van der Waals surface area contributed by atoms with Crippen LogP contribution in [-0.2, 0) is 4.79 Å². The smallest absolute Gasteiger partial charge is 0.314 e. The molecule has 1 aromatic rings. The van der Waals surface area contributed by atoms with E-state index in [9.17, 15) is 4.79 Å². The van der Waals surface area contributed by atoms with E-state index in [1.807, 2.05) is 30.3 Å². The lowest BCUT2D eigenvalue weighted by Crippen LogP contribution is -2.25. The summed E-state index contributed by atoms with van der Waals surface area (Å²) in [6.45, 7) is 4.54. The number of unbranched alkanes of at least 4 members (excludes halogenated alkanes) is 3. The van der Waals surface area contributed by atoms with Gasteiger partial charge >= 0.3 is 5.97 Å². The van der Waals surface area contributed by atoms with Crippen LogP contribution in [-0.4, -0.2) is 5.97 Å². The van der Waals surface area contributed by atoms with Crippen molar-refractivity contribution in [1.29, 1.82) is 0 Å². The minimum absolute atomic E-state index is 0.0572. The predicted molar refractivity (Wildman–Crippen MR) is 143 cm³/mol. The molecule has 2 nitrogen and oxygen atoms in total. The Bertz CT molecular complexity index is 794. The zero-order chi connectivity index (χ0) is 24.0. The van der Waals surface area contributed by atoms with Crippen LogP contribution in [0.25, 0.3) is 0 Å². The average molecular weight is 463 g/mol. The number of carbonyl (C=O) groups is 1. The van der Waals surface area contributed by atoms with Gasteiger partial charge in [-0.05, 0) is 99.5 Å². The van der Waals surface area contributed by atoms with Crippen molar-refractivity contribution < 1.29 is 9.53 Å².